The van der Waals surface area contributed by atoms with Crippen molar-refractivity contribution in [2.75, 3.05) is 0 Å². The summed E-state index contributed by atoms with van der Waals surface area (Å²) < 4.78 is 30.4. The van der Waals surface area contributed by atoms with Gasteiger partial charge in [-0.05, 0) is 38.1 Å². The Labute approximate surface area is 113 Å². The van der Waals surface area contributed by atoms with Crippen LogP contribution in [0.25, 0.3) is 0 Å². The first kappa shape index (κ1) is 13.2. The van der Waals surface area contributed by atoms with E-state index in [9.17, 15) is 8.42 Å². The van der Waals surface area contributed by atoms with Crippen molar-refractivity contribution in [2.45, 2.75) is 24.0 Å². The summed E-state index contributed by atoms with van der Waals surface area (Å²) in [6.45, 7) is 3.18. The van der Waals surface area contributed by atoms with Crippen molar-refractivity contribution < 1.29 is 12.9 Å². The Morgan fingerprint density at radius 3 is 2.39 bits per heavy atom. The van der Waals surface area contributed by atoms with E-state index in [4.69, 9.17) is 4.52 Å². The van der Waals surface area contributed by atoms with Gasteiger partial charge in [-0.2, -0.15) is 4.98 Å². The molecule has 1 heterocycles. The van der Waals surface area contributed by atoms with Crippen LogP contribution in [0.15, 0.2) is 38.2 Å². The fourth-order valence-electron chi connectivity index (χ4n) is 1.44. The molecular formula is C11H11BrN2O3S. The van der Waals surface area contributed by atoms with Gasteiger partial charge in [0.1, 0.15) is 5.25 Å². The molecule has 0 aliphatic heterocycles. The average molecular weight is 331 g/mol. The van der Waals surface area contributed by atoms with Crippen LogP contribution in [0.2, 0.25) is 0 Å². The van der Waals surface area contributed by atoms with Crippen LogP contribution in [-0.4, -0.2) is 18.6 Å². The maximum Gasteiger partial charge on any atom is 0.245 e. The van der Waals surface area contributed by atoms with Crippen LogP contribution in [0.5, 0.6) is 0 Å². The number of nitrogens with zero attached hydrogens (tertiary/aromatic N) is 2. The van der Waals surface area contributed by atoms with Gasteiger partial charge in [0, 0.05) is 4.47 Å². The fraction of sp³-hybridized carbons (Fsp3) is 0.273. The Balaban J connectivity index is 2.39. The lowest BCUT2D eigenvalue weighted by molar-refractivity contribution is 0.373. The second-order valence-corrected chi connectivity index (χ2v) is 7.01. The molecule has 2 rings (SSSR count). The Bertz CT molecular complexity index is 649. The van der Waals surface area contributed by atoms with E-state index in [0.717, 1.165) is 4.47 Å². The molecule has 1 aromatic heterocycles. The molecule has 0 unspecified atom stereocenters. The van der Waals surface area contributed by atoms with Crippen LogP contribution >= 0.6 is 15.9 Å². The highest BCUT2D eigenvalue weighted by Crippen LogP contribution is 2.28. The summed E-state index contributed by atoms with van der Waals surface area (Å²) in [6.07, 6.45) is 0. The van der Waals surface area contributed by atoms with Gasteiger partial charge >= 0.3 is 0 Å². The van der Waals surface area contributed by atoms with Crippen molar-refractivity contribution in [3.05, 3.63) is 40.5 Å². The van der Waals surface area contributed by atoms with Gasteiger partial charge in [-0.15, -0.1) is 0 Å². The molecule has 2 aromatic rings. The lowest BCUT2D eigenvalue weighted by atomic mass is 10.4. The van der Waals surface area contributed by atoms with E-state index in [1.807, 2.05) is 0 Å². The second-order valence-electron chi connectivity index (χ2n) is 3.82. The number of hydrogen-bond donors (Lipinski definition) is 0. The van der Waals surface area contributed by atoms with Gasteiger partial charge in [-0.3, -0.25) is 0 Å². The van der Waals surface area contributed by atoms with Gasteiger partial charge in [0.05, 0.1) is 4.90 Å². The van der Waals surface area contributed by atoms with Gasteiger partial charge in [-0.1, -0.05) is 21.1 Å². The molecule has 0 N–H and O–H groups in total. The topological polar surface area (TPSA) is 73.1 Å². The Kier molecular flexibility index (Phi) is 3.54. The van der Waals surface area contributed by atoms with E-state index in [2.05, 4.69) is 26.1 Å². The maximum absolute atomic E-state index is 12.3. The van der Waals surface area contributed by atoms with Crippen LogP contribution in [0, 0.1) is 6.92 Å². The van der Waals surface area contributed by atoms with Gasteiger partial charge in [0.25, 0.3) is 0 Å². The highest BCUT2D eigenvalue weighted by molar-refractivity contribution is 9.10. The Morgan fingerprint density at radius 1 is 1.28 bits per heavy atom. The Morgan fingerprint density at radius 2 is 1.89 bits per heavy atom. The number of benzene rings is 1. The molecular weight excluding hydrogens is 320 g/mol. The largest absolute Gasteiger partial charge is 0.338 e. The average Bonchev–Trinajstić information content (AvgIpc) is 2.75. The molecule has 1 aromatic carbocycles. The maximum atomic E-state index is 12.3. The van der Waals surface area contributed by atoms with Gasteiger partial charge in [-0.25, -0.2) is 8.42 Å². The van der Waals surface area contributed by atoms with Crippen molar-refractivity contribution >= 4 is 25.8 Å². The highest BCUT2D eigenvalue weighted by atomic mass is 79.9. The minimum atomic E-state index is -3.51. The first-order valence-electron chi connectivity index (χ1n) is 5.21. The molecule has 5 nitrogen and oxygen atoms in total. The summed E-state index contributed by atoms with van der Waals surface area (Å²) in [5.41, 5.74) is 0. The molecule has 96 valence electrons. The highest BCUT2D eigenvalue weighted by Gasteiger charge is 2.29. The molecule has 0 aliphatic rings. The molecule has 0 spiro atoms. The van der Waals surface area contributed by atoms with E-state index in [1.165, 1.54) is 6.92 Å². The predicted octanol–water partition coefficient (Wildman–Crippen LogP) is 2.68. The van der Waals surface area contributed by atoms with Crippen LogP contribution in [0.1, 0.15) is 23.9 Å². The first-order chi connectivity index (χ1) is 8.41. The van der Waals surface area contributed by atoms with E-state index >= 15 is 0 Å². The Hall–Kier alpha value is -1.21. The molecule has 0 saturated carbocycles. The van der Waals surface area contributed by atoms with Gasteiger partial charge in [0.15, 0.2) is 15.7 Å². The van der Waals surface area contributed by atoms with Crippen molar-refractivity contribution in [1.82, 2.24) is 10.1 Å². The predicted molar refractivity (Wildman–Crippen MR) is 68.8 cm³/mol. The van der Waals surface area contributed by atoms with E-state index in [1.54, 1.807) is 31.2 Å². The van der Waals surface area contributed by atoms with Crippen LogP contribution in [-0.2, 0) is 9.84 Å². The number of aromatic nitrogens is 2. The van der Waals surface area contributed by atoms with Crippen LogP contribution in [0.4, 0.5) is 0 Å². The molecule has 0 radical (unpaired) electrons. The summed E-state index contributed by atoms with van der Waals surface area (Å²) in [7, 11) is -3.51. The van der Waals surface area contributed by atoms with Crippen LogP contribution in [0.3, 0.4) is 0 Å². The lowest BCUT2D eigenvalue weighted by Crippen LogP contribution is -2.11. The number of halogens is 1. The normalized spacial score (nSPS) is 13.5. The number of hydrogen-bond acceptors (Lipinski definition) is 5. The number of aryl methyl sites for hydroxylation is 1. The molecule has 1 atom stereocenters. The standard InChI is InChI=1S/C11H11BrN2O3S/c1-7(11-13-8(2)14-17-11)18(15,16)10-5-3-9(12)4-6-10/h3-7H,1-2H3/t7-/m1/s1. The molecule has 0 aliphatic carbocycles. The SMILES string of the molecule is Cc1noc([C@@H](C)S(=O)(=O)c2ccc(Br)cc2)n1. The van der Waals surface area contributed by atoms with E-state index in [-0.39, 0.29) is 10.8 Å². The van der Waals surface area contributed by atoms with Gasteiger partial charge < -0.3 is 4.52 Å². The number of sulfone groups is 1. The van der Waals surface area contributed by atoms with Crippen molar-refractivity contribution in [3.63, 3.8) is 0 Å². The molecule has 0 saturated heterocycles. The second kappa shape index (κ2) is 4.81. The smallest absolute Gasteiger partial charge is 0.245 e. The lowest BCUT2D eigenvalue weighted by Gasteiger charge is -2.08. The summed E-state index contributed by atoms with van der Waals surface area (Å²) in [4.78, 5) is 4.18. The van der Waals surface area contributed by atoms with Crippen molar-refractivity contribution in [1.29, 1.82) is 0 Å². The summed E-state index contributed by atoms with van der Waals surface area (Å²) >= 11 is 3.26. The van der Waals surface area contributed by atoms with E-state index in [0.29, 0.717) is 5.82 Å². The molecule has 0 fully saturated rings. The quantitative estimate of drug-likeness (QED) is 0.864. The minimum absolute atomic E-state index is 0.107. The van der Waals surface area contributed by atoms with Crippen molar-refractivity contribution in [2.24, 2.45) is 0 Å². The first-order valence-corrected chi connectivity index (χ1v) is 7.55. The zero-order valence-corrected chi connectivity index (χ0v) is 12.2. The van der Waals surface area contributed by atoms with Crippen molar-refractivity contribution in [3.8, 4) is 0 Å². The third-order valence-electron chi connectivity index (χ3n) is 2.50. The number of rotatable bonds is 3. The third-order valence-corrected chi connectivity index (χ3v) is 5.09. The zero-order valence-electron chi connectivity index (χ0n) is 9.79. The summed E-state index contributed by atoms with van der Waals surface area (Å²) in [5, 5.41) is 2.74. The molecule has 0 amide bonds. The van der Waals surface area contributed by atoms with E-state index < -0.39 is 15.1 Å². The molecule has 0 bridgehead atoms. The summed E-state index contributed by atoms with van der Waals surface area (Å²) in [6, 6.07) is 6.44. The fourth-order valence-corrected chi connectivity index (χ4v) is 2.99. The van der Waals surface area contributed by atoms with Gasteiger partial charge in [0.2, 0.25) is 5.89 Å². The molecule has 7 heteroatoms. The summed E-state index contributed by atoms with van der Waals surface area (Å²) in [5.74, 6) is 0.526. The van der Waals surface area contributed by atoms with Crippen LogP contribution < -0.4 is 0 Å². The monoisotopic (exact) mass is 330 g/mol. The third kappa shape index (κ3) is 2.46. The minimum Gasteiger partial charge on any atom is -0.338 e. The zero-order chi connectivity index (χ0) is 13.3. The molecule has 18 heavy (non-hydrogen) atoms.